The van der Waals surface area contributed by atoms with Gasteiger partial charge >= 0.3 is 11.4 Å². The molecule has 0 saturated heterocycles. The molecule has 0 aliphatic rings. The molecule has 18 heavy (non-hydrogen) atoms. The molecule has 1 radical (unpaired) electrons. The summed E-state index contributed by atoms with van der Waals surface area (Å²) in [6.07, 6.45) is 0.124. The van der Waals surface area contributed by atoms with Crippen LogP contribution in [-0.2, 0) is 6.42 Å². The number of hydrogen-bond donors (Lipinski definition) is 0. The minimum atomic E-state index is -0.732. The van der Waals surface area contributed by atoms with Crippen LogP contribution in [0.1, 0.15) is 5.56 Å². The maximum atomic E-state index is 11.0. The van der Waals surface area contributed by atoms with Gasteiger partial charge in [0.05, 0.1) is 9.85 Å². The van der Waals surface area contributed by atoms with Crippen molar-refractivity contribution >= 4 is 22.1 Å². The number of rotatable bonds is 3. The molecule has 2 aromatic rings. The maximum Gasteiger partial charge on any atom is 0.349 e. The van der Waals surface area contributed by atoms with Gasteiger partial charge in [-0.1, -0.05) is 24.3 Å². The number of nitrogens with zero attached hydrogens (tertiary/aromatic N) is 2. The van der Waals surface area contributed by atoms with Crippen molar-refractivity contribution < 1.29 is 9.85 Å². The van der Waals surface area contributed by atoms with Crippen LogP contribution in [0.5, 0.6) is 0 Å². The highest BCUT2D eigenvalue weighted by atomic mass is 16.6. The average Bonchev–Trinajstić information content (AvgIpc) is 2.35. The quantitative estimate of drug-likeness (QED) is 0.614. The Morgan fingerprint density at radius 1 is 1.11 bits per heavy atom. The van der Waals surface area contributed by atoms with E-state index < -0.39 is 21.2 Å². The number of hydrogen-bond acceptors (Lipinski definition) is 4. The van der Waals surface area contributed by atoms with E-state index in [2.05, 4.69) is 6.92 Å². The van der Waals surface area contributed by atoms with Crippen molar-refractivity contribution in [1.82, 2.24) is 0 Å². The van der Waals surface area contributed by atoms with Crippen LogP contribution < -0.4 is 0 Å². The highest BCUT2D eigenvalue weighted by Crippen LogP contribution is 2.37. The number of nitro groups is 2. The largest absolute Gasteiger partial charge is 0.349 e. The molecule has 2 aromatic carbocycles. The molecular formula is C12H9N2O4. The lowest BCUT2D eigenvalue weighted by Crippen LogP contribution is -2.01. The van der Waals surface area contributed by atoms with Crippen LogP contribution in [0.15, 0.2) is 30.3 Å². The third-order valence-electron chi connectivity index (χ3n) is 2.74. The lowest BCUT2D eigenvalue weighted by atomic mass is 9.99. The van der Waals surface area contributed by atoms with Gasteiger partial charge < -0.3 is 0 Å². The SMILES string of the molecule is [CH2]Cc1c([N+](=O)[O-])c([N+](=O)[O-])cc2ccccc12. The van der Waals surface area contributed by atoms with E-state index in [1.165, 1.54) is 6.07 Å². The van der Waals surface area contributed by atoms with Crippen LogP contribution in [0.4, 0.5) is 11.4 Å². The molecule has 0 aliphatic carbocycles. The molecule has 6 nitrogen and oxygen atoms in total. The van der Waals surface area contributed by atoms with E-state index in [4.69, 9.17) is 0 Å². The van der Waals surface area contributed by atoms with Crippen LogP contribution in [-0.4, -0.2) is 9.85 Å². The molecule has 0 heterocycles. The zero-order valence-corrected chi connectivity index (χ0v) is 9.33. The minimum absolute atomic E-state index is 0.124. The summed E-state index contributed by atoms with van der Waals surface area (Å²) in [6, 6.07) is 8.08. The van der Waals surface area contributed by atoms with Gasteiger partial charge in [0.2, 0.25) is 0 Å². The van der Waals surface area contributed by atoms with Crippen molar-refractivity contribution in [3.05, 3.63) is 63.0 Å². The molecule has 0 unspecified atom stereocenters. The van der Waals surface area contributed by atoms with Gasteiger partial charge in [-0.3, -0.25) is 20.2 Å². The second-order valence-corrected chi connectivity index (χ2v) is 3.71. The van der Waals surface area contributed by atoms with E-state index >= 15 is 0 Å². The molecule has 0 aliphatic heterocycles. The Balaban J connectivity index is 2.96. The van der Waals surface area contributed by atoms with Gasteiger partial charge in [-0.25, -0.2) is 0 Å². The average molecular weight is 245 g/mol. The predicted octanol–water partition coefficient (Wildman–Crippen LogP) is 3.03. The van der Waals surface area contributed by atoms with Crippen molar-refractivity contribution in [3.8, 4) is 0 Å². The van der Waals surface area contributed by atoms with E-state index in [1.54, 1.807) is 24.3 Å². The summed E-state index contributed by atoms with van der Waals surface area (Å²) in [7, 11) is 0. The Morgan fingerprint density at radius 2 is 1.78 bits per heavy atom. The summed E-state index contributed by atoms with van der Waals surface area (Å²) in [4.78, 5) is 20.5. The summed E-state index contributed by atoms with van der Waals surface area (Å²) in [5.41, 5.74) is -0.657. The molecule has 0 aromatic heterocycles. The molecule has 0 bridgehead atoms. The predicted molar refractivity (Wildman–Crippen MR) is 66.3 cm³/mol. The highest BCUT2D eigenvalue weighted by Gasteiger charge is 2.29. The van der Waals surface area contributed by atoms with E-state index in [0.717, 1.165) is 0 Å². The molecular weight excluding hydrogens is 236 g/mol. The number of benzene rings is 2. The molecule has 0 fully saturated rings. The molecule has 0 N–H and O–H groups in total. The zero-order valence-electron chi connectivity index (χ0n) is 9.33. The fourth-order valence-corrected chi connectivity index (χ4v) is 1.99. The molecule has 6 heteroatoms. The van der Waals surface area contributed by atoms with E-state index in [0.29, 0.717) is 16.3 Å². The van der Waals surface area contributed by atoms with Crippen LogP contribution in [0, 0.1) is 27.2 Å². The molecule has 0 spiro atoms. The van der Waals surface area contributed by atoms with Crippen molar-refractivity contribution in [1.29, 1.82) is 0 Å². The molecule has 0 saturated carbocycles. The summed E-state index contributed by atoms with van der Waals surface area (Å²) in [5, 5.41) is 23.2. The van der Waals surface area contributed by atoms with Crippen molar-refractivity contribution in [2.45, 2.75) is 6.42 Å². The Labute approximate surface area is 102 Å². The topological polar surface area (TPSA) is 86.3 Å². The first-order valence-corrected chi connectivity index (χ1v) is 5.19. The van der Waals surface area contributed by atoms with Crippen LogP contribution in [0.3, 0.4) is 0 Å². The molecule has 0 atom stereocenters. The number of fused-ring (bicyclic) bond motifs is 1. The monoisotopic (exact) mass is 245 g/mol. The van der Waals surface area contributed by atoms with E-state index in [1.807, 2.05) is 0 Å². The van der Waals surface area contributed by atoms with Gasteiger partial charge in [0.1, 0.15) is 0 Å². The van der Waals surface area contributed by atoms with Gasteiger partial charge in [-0.2, -0.15) is 0 Å². The lowest BCUT2D eigenvalue weighted by Gasteiger charge is -2.06. The first-order valence-electron chi connectivity index (χ1n) is 5.19. The smallest absolute Gasteiger partial charge is 0.258 e. The van der Waals surface area contributed by atoms with Gasteiger partial charge in [0, 0.05) is 11.6 Å². The van der Waals surface area contributed by atoms with Crippen molar-refractivity contribution in [3.63, 3.8) is 0 Å². The third kappa shape index (κ3) is 1.77. The summed E-state index contributed by atoms with van der Waals surface area (Å²) < 4.78 is 0. The van der Waals surface area contributed by atoms with E-state index in [9.17, 15) is 20.2 Å². The Morgan fingerprint density at radius 3 is 2.33 bits per heavy atom. The molecule has 91 valence electrons. The Hall–Kier alpha value is -2.50. The second kappa shape index (κ2) is 4.40. The van der Waals surface area contributed by atoms with Crippen LogP contribution in [0.2, 0.25) is 0 Å². The third-order valence-corrected chi connectivity index (χ3v) is 2.74. The van der Waals surface area contributed by atoms with Gasteiger partial charge in [0.15, 0.2) is 0 Å². The lowest BCUT2D eigenvalue weighted by molar-refractivity contribution is -0.422. The minimum Gasteiger partial charge on any atom is -0.258 e. The van der Waals surface area contributed by atoms with Gasteiger partial charge in [0.25, 0.3) is 0 Å². The second-order valence-electron chi connectivity index (χ2n) is 3.71. The summed E-state index contributed by atoms with van der Waals surface area (Å²) in [6.45, 7) is 3.62. The van der Waals surface area contributed by atoms with E-state index in [-0.39, 0.29) is 6.42 Å². The molecule has 0 amide bonds. The molecule has 2 rings (SSSR count). The Bertz CT molecular complexity index is 652. The van der Waals surface area contributed by atoms with Crippen molar-refractivity contribution in [2.24, 2.45) is 0 Å². The normalized spacial score (nSPS) is 10.5. The van der Waals surface area contributed by atoms with Gasteiger partial charge in [-0.15, -0.1) is 0 Å². The zero-order chi connectivity index (χ0) is 13.3. The van der Waals surface area contributed by atoms with Crippen LogP contribution >= 0.6 is 0 Å². The highest BCUT2D eigenvalue weighted by molar-refractivity contribution is 5.92. The first-order chi connectivity index (χ1) is 8.56. The number of nitro benzene ring substituents is 2. The fraction of sp³-hybridized carbons (Fsp3) is 0.0833. The van der Waals surface area contributed by atoms with Crippen LogP contribution in [0.25, 0.3) is 10.8 Å². The maximum absolute atomic E-state index is 11.0. The summed E-state index contributed by atoms with van der Waals surface area (Å²) in [5.74, 6) is 0. The van der Waals surface area contributed by atoms with Gasteiger partial charge in [-0.05, 0) is 24.1 Å². The fourth-order valence-electron chi connectivity index (χ4n) is 1.99. The first kappa shape index (κ1) is 12.0. The Kier molecular flexibility index (Phi) is 2.93. The van der Waals surface area contributed by atoms with Crippen molar-refractivity contribution in [2.75, 3.05) is 0 Å². The summed E-state index contributed by atoms with van der Waals surface area (Å²) >= 11 is 0. The standard InChI is InChI=1S/C12H9N2O4/c1-2-9-10-6-4-3-5-8(10)7-11(13(15)16)12(9)14(17)18/h3-7H,1-2H2.